The van der Waals surface area contributed by atoms with E-state index in [0.717, 1.165) is 0 Å². The van der Waals surface area contributed by atoms with E-state index < -0.39 is 0 Å². The molecule has 0 bridgehead atoms. The fourth-order valence-electron chi connectivity index (χ4n) is 0.442. The van der Waals surface area contributed by atoms with Crippen LogP contribution in [-0.2, 0) is 0 Å². The minimum atomic E-state index is 1.87. The average molecular weight is 220 g/mol. The van der Waals surface area contributed by atoms with Crippen molar-refractivity contribution in [3.05, 3.63) is 0 Å². The summed E-state index contributed by atoms with van der Waals surface area (Å²) in [5, 5.41) is 0. The quantitative estimate of drug-likeness (QED) is 0.514. The lowest BCUT2D eigenvalue weighted by molar-refractivity contribution is 2.33. The average Bonchev–Trinajstić information content (AvgIpc) is 2.43. The lowest BCUT2D eigenvalue weighted by Gasteiger charge is -1.56. The third kappa shape index (κ3) is 12.0. The molecule has 0 saturated heterocycles. The third-order valence-electron chi connectivity index (χ3n) is 0.947. The predicted molar refractivity (Wildman–Crippen MR) is 72.1 cm³/mol. The molecule has 0 saturated carbocycles. The molecule has 0 radical (unpaired) electrons. The molecule has 0 rings (SSSR count). The van der Waals surface area contributed by atoms with Gasteiger partial charge in [-0.2, -0.15) is 0 Å². The smallest absolute Gasteiger partial charge is 0.106 e. The number of hydrogen-bond donors (Lipinski definition) is 0. The first-order valence-corrected chi connectivity index (χ1v) is 4.29. The van der Waals surface area contributed by atoms with Crippen LogP contribution in [0.3, 0.4) is 0 Å². The summed E-state index contributed by atoms with van der Waals surface area (Å²) in [6.45, 7) is 0. The van der Waals surface area contributed by atoms with Gasteiger partial charge in [0, 0.05) is 0 Å². The Labute approximate surface area is 109 Å². The molecule has 0 heteroatoms. The van der Waals surface area contributed by atoms with Crippen molar-refractivity contribution in [3.63, 3.8) is 0 Å². The fraction of sp³-hybridized carbons (Fsp3) is 0. The van der Waals surface area contributed by atoms with Gasteiger partial charge in [-0.3, -0.25) is 0 Å². The Morgan fingerprint density at radius 1 is 0.444 bits per heavy atom. The topological polar surface area (TPSA) is 0 Å². The van der Waals surface area contributed by atoms with Crippen LogP contribution < -0.4 is 0 Å². The molecule has 0 aliphatic rings. The van der Waals surface area contributed by atoms with Crippen molar-refractivity contribution in [2.75, 3.05) is 0 Å². The van der Waals surface area contributed by atoms with Crippen molar-refractivity contribution in [1.82, 2.24) is 0 Å². The van der Waals surface area contributed by atoms with E-state index >= 15 is 0 Å². The molecule has 0 spiro atoms. The van der Waals surface area contributed by atoms with E-state index in [0.29, 0.717) is 0 Å². The summed E-state index contributed by atoms with van der Waals surface area (Å²) < 4.78 is 6.48. The second kappa shape index (κ2) is 13.0. The van der Waals surface area contributed by atoms with Crippen molar-refractivity contribution in [2.45, 2.75) is 0 Å². The third-order valence-corrected chi connectivity index (χ3v) is 0.947. The van der Waals surface area contributed by atoms with Crippen molar-refractivity contribution in [1.29, 1.82) is 0 Å². The number of terminal acetylenes is 2. The molecule has 0 unspecified atom stereocenters. The number of hydrogen-bond acceptors (Lipinski definition) is 0. The first-order valence-electron chi connectivity index (χ1n) is 4.79. The summed E-state index contributed by atoms with van der Waals surface area (Å²) in [5.41, 5.74) is 0. The predicted octanol–water partition coefficient (Wildman–Crippen LogP) is 0.277. The first kappa shape index (κ1) is 12.1. The van der Waals surface area contributed by atoms with E-state index in [2.05, 4.69) is 94.7 Å². The summed E-state index contributed by atoms with van der Waals surface area (Å²) >= 11 is 0. The van der Waals surface area contributed by atoms with Gasteiger partial charge in [0.15, 0.2) is 0 Å². The summed E-state index contributed by atoms with van der Waals surface area (Å²) in [7, 11) is 0. The largest absolute Gasteiger partial charge is 0.125 e. The molecule has 0 aliphatic heterocycles. The van der Waals surface area contributed by atoms with Gasteiger partial charge < -0.3 is 0 Å². The van der Waals surface area contributed by atoms with E-state index in [1.54, 1.807) is 0 Å². The first-order chi connectivity index (χ1) is 9.41. The summed E-state index contributed by atoms with van der Waals surface area (Å²) in [6.07, 6.45) is 6.75. The zero-order valence-electron chi connectivity index (χ0n) is 10.1. The molecule has 0 fully saturated rings. The van der Waals surface area contributed by atoms with Crippen molar-refractivity contribution >= 4 is 0 Å². The van der Waals surface area contributed by atoms with Crippen LogP contribution in [0, 0.1) is 108 Å². The Morgan fingerprint density at radius 3 is 1.00 bits per heavy atom. The standard InChI is InChI=1S/C18H2/c1-3-5-7-9-11-13-15-17-18-16-14-12-10-8-6-4-2/h1-2H/i1T. The molecule has 18 heavy (non-hydrogen) atoms. The van der Waals surface area contributed by atoms with Gasteiger partial charge in [0.2, 0.25) is 0 Å². The van der Waals surface area contributed by atoms with Crippen LogP contribution in [0.2, 0.25) is 0 Å². The molecule has 0 N–H and O–H groups in total. The summed E-state index contributed by atoms with van der Waals surface area (Å²) in [5.74, 6) is 38.3. The normalized spacial score (nSPS) is 4.06. The van der Waals surface area contributed by atoms with E-state index in [1.165, 1.54) is 0 Å². The molecule has 0 amide bonds. The molecule has 0 atom stereocenters. The summed E-state index contributed by atoms with van der Waals surface area (Å²) in [6, 6.07) is 0. The Kier molecular flexibility index (Phi) is 8.77. The van der Waals surface area contributed by atoms with Crippen LogP contribution in [0.15, 0.2) is 0 Å². The fourth-order valence-corrected chi connectivity index (χ4v) is 0.442. The molecule has 0 aliphatic carbocycles. The van der Waals surface area contributed by atoms with Gasteiger partial charge in [-0.05, 0) is 94.7 Å². The molecule has 74 valence electrons. The highest BCUT2D eigenvalue weighted by Crippen LogP contribution is 1.57. The highest BCUT2D eigenvalue weighted by Gasteiger charge is 1.57. The second-order valence-electron chi connectivity index (χ2n) is 2.02. The van der Waals surface area contributed by atoms with Crippen LogP contribution in [0.4, 0.5) is 0 Å². The summed E-state index contributed by atoms with van der Waals surface area (Å²) in [4.78, 5) is 0. The van der Waals surface area contributed by atoms with E-state index in [1.807, 2.05) is 6.40 Å². The van der Waals surface area contributed by atoms with Gasteiger partial charge in [-0.25, -0.2) is 0 Å². The molecule has 0 heterocycles. The molecule has 0 aromatic heterocycles. The lowest BCUT2D eigenvalue weighted by atomic mass is 10.5. The van der Waals surface area contributed by atoms with Crippen molar-refractivity contribution < 1.29 is 1.37 Å². The molecule has 0 aromatic rings. The van der Waals surface area contributed by atoms with Gasteiger partial charge in [-0.1, -0.05) is 0 Å². The molecular weight excluding hydrogens is 216 g/mol. The van der Waals surface area contributed by atoms with Gasteiger partial charge in [-0.15, -0.1) is 12.8 Å². The second-order valence-corrected chi connectivity index (χ2v) is 2.02. The van der Waals surface area contributed by atoms with Crippen LogP contribution >= 0.6 is 0 Å². The van der Waals surface area contributed by atoms with E-state index in [4.69, 9.17) is 7.79 Å². The maximum absolute atomic E-state index is 6.48. The SMILES string of the molecule is [3H]C#CC#CC#CC#CC#CC#CC#CC#CC#C. The highest BCUT2D eigenvalue weighted by molar-refractivity contribution is 5.46. The maximum Gasteiger partial charge on any atom is 0.125 e. The zero-order chi connectivity index (χ0) is 14.0. The number of rotatable bonds is 0. The van der Waals surface area contributed by atoms with Crippen molar-refractivity contribution in [2.24, 2.45) is 0 Å². The Balaban J connectivity index is 4.32. The molecule has 0 aromatic carbocycles. The van der Waals surface area contributed by atoms with Crippen LogP contribution in [-0.4, -0.2) is 0 Å². The molecular formula is C18H2. The Bertz CT molecular complexity index is 863. The highest BCUT2D eigenvalue weighted by atomic mass is 13.6. The zero-order valence-corrected chi connectivity index (χ0v) is 9.08. The molecule has 0 nitrogen and oxygen atoms in total. The Hall–Kier alpha value is -3.96. The Morgan fingerprint density at radius 2 is 0.722 bits per heavy atom. The lowest BCUT2D eigenvalue weighted by Crippen LogP contribution is -1.55. The van der Waals surface area contributed by atoms with Crippen LogP contribution in [0.1, 0.15) is 1.37 Å². The van der Waals surface area contributed by atoms with Crippen LogP contribution in [0.25, 0.3) is 0 Å². The van der Waals surface area contributed by atoms with Crippen molar-refractivity contribution in [3.8, 4) is 108 Å². The maximum atomic E-state index is 6.48. The minimum absolute atomic E-state index is 1.87. The van der Waals surface area contributed by atoms with E-state index in [9.17, 15) is 0 Å². The van der Waals surface area contributed by atoms with Gasteiger partial charge in [0.05, 0.1) is 0 Å². The van der Waals surface area contributed by atoms with Gasteiger partial charge in [0.25, 0.3) is 0 Å². The van der Waals surface area contributed by atoms with Gasteiger partial charge >= 0.3 is 0 Å². The van der Waals surface area contributed by atoms with Crippen LogP contribution in [0.5, 0.6) is 0 Å². The van der Waals surface area contributed by atoms with E-state index in [-0.39, 0.29) is 0 Å². The monoisotopic (exact) mass is 220 g/mol. The van der Waals surface area contributed by atoms with Gasteiger partial charge in [0.1, 0.15) is 1.37 Å². The minimum Gasteiger partial charge on any atom is -0.106 e.